The second-order valence-corrected chi connectivity index (χ2v) is 9.07. The van der Waals surface area contributed by atoms with Gasteiger partial charge in [-0.3, -0.25) is 4.79 Å². The lowest BCUT2D eigenvalue weighted by molar-refractivity contribution is -0.125. The van der Waals surface area contributed by atoms with Gasteiger partial charge in [0, 0.05) is 5.41 Å². The van der Waals surface area contributed by atoms with Crippen LogP contribution in [0, 0.1) is 28.6 Å². The molecule has 0 heterocycles. The van der Waals surface area contributed by atoms with Crippen LogP contribution >= 0.6 is 0 Å². The first kappa shape index (κ1) is 16.5. The summed E-state index contributed by atoms with van der Waals surface area (Å²) in [6.45, 7) is 6.12. The van der Waals surface area contributed by atoms with Crippen molar-refractivity contribution >= 4 is 5.78 Å². The number of Topliss-reactive ketones (excluding diaryl/α,β-unsaturated/α-hetero) is 1. The van der Waals surface area contributed by atoms with Gasteiger partial charge in [0.25, 0.3) is 0 Å². The molecule has 0 amide bonds. The predicted molar refractivity (Wildman–Crippen MR) is 93.2 cm³/mol. The summed E-state index contributed by atoms with van der Waals surface area (Å²) in [5.41, 5.74) is 2.03. The van der Waals surface area contributed by atoms with Crippen LogP contribution in [0.5, 0.6) is 0 Å². The molecule has 0 aromatic rings. The van der Waals surface area contributed by atoms with E-state index in [0.717, 1.165) is 44.1 Å². The van der Waals surface area contributed by atoms with Gasteiger partial charge in [0.05, 0.1) is 12.2 Å². The van der Waals surface area contributed by atoms with E-state index in [9.17, 15) is 15.0 Å². The summed E-state index contributed by atoms with van der Waals surface area (Å²) in [5.74, 6) is 1.55. The molecule has 0 aromatic carbocycles. The summed E-state index contributed by atoms with van der Waals surface area (Å²) in [7, 11) is 0. The number of aliphatic hydroxyl groups is 2. The molecule has 7 atom stereocenters. The van der Waals surface area contributed by atoms with Gasteiger partial charge in [-0.05, 0) is 74.2 Å². The van der Waals surface area contributed by atoms with E-state index in [0.29, 0.717) is 17.8 Å². The molecule has 4 rings (SSSR count). The van der Waals surface area contributed by atoms with Gasteiger partial charge in [-0.25, -0.2) is 0 Å². The highest BCUT2D eigenvalue weighted by Gasteiger charge is 2.60. The van der Waals surface area contributed by atoms with Crippen molar-refractivity contribution in [3.8, 4) is 0 Å². The maximum absolute atomic E-state index is 12.1. The second-order valence-electron chi connectivity index (χ2n) is 9.07. The minimum absolute atomic E-state index is 0.115. The van der Waals surface area contributed by atoms with Crippen molar-refractivity contribution in [1.29, 1.82) is 0 Å². The van der Waals surface area contributed by atoms with E-state index in [1.165, 1.54) is 5.57 Å². The Kier molecular flexibility index (Phi) is 3.64. The summed E-state index contributed by atoms with van der Waals surface area (Å²) < 4.78 is 0. The molecule has 0 aromatic heterocycles. The zero-order valence-corrected chi connectivity index (χ0v) is 15.1. The highest BCUT2D eigenvalue weighted by molar-refractivity contribution is 5.95. The number of rotatable bonds is 1. The molecular formula is C21H30O3. The van der Waals surface area contributed by atoms with Gasteiger partial charge in [-0.1, -0.05) is 31.6 Å². The molecule has 4 aliphatic carbocycles. The summed E-state index contributed by atoms with van der Waals surface area (Å²) in [5, 5.41) is 21.1. The first-order chi connectivity index (χ1) is 11.3. The van der Waals surface area contributed by atoms with E-state index in [4.69, 9.17) is 0 Å². The van der Waals surface area contributed by atoms with Crippen molar-refractivity contribution in [2.75, 3.05) is 0 Å². The van der Waals surface area contributed by atoms with Gasteiger partial charge in [-0.2, -0.15) is 0 Å². The molecule has 1 unspecified atom stereocenters. The molecule has 4 aliphatic rings. The van der Waals surface area contributed by atoms with E-state index < -0.39 is 6.10 Å². The maximum Gasteiger partial charge on any atom is 0.156 e. The van der Waals surface area contributed by atoms with Crippen molar-refractivity contribution in [3.63, 3.8) is 0 Å². The zero-order valence-electron chi connectivity index (χ0n) is 15.1. The van der Waals surface area contributed by atoms with Crippen molar-refractivity contribution in [1.82, 2.24) is 0 Å². The summed E-state index contributed by atoms with van der Waals surface area (Å²) in [6, 6.07) is 0. The Bertz CT molecular complexity index is 633. The van der Waals surface area contributed by atoms with Gasteiger partial charge < -0.3 is 10.2 Å². The molecular weight excluding hydrogens is 300 g/mol. The van der Waals surface area contributed by atoms with Crippen LogP contribution in [-0.2, 0) is 4.79 Å². The minimum Gasteiger partial charge on any atom is -0.392 e. The average molecular weight is 330 g/mol. The molecule has 2 saturated carbocycles. The molecule has 2 fully saturated rings. The fraction of sp³-hybridized carbons (Fsp3) is 0.762. The molecule has 0 radical (unpaired) electrons. The average Bonchev–Trinajstić information content (AvgIpc) is 2.88. The van der Waals surface area contributed by atoms with Gasteiger partial charge in [0.1, 0.15) is 0 Å². The number of hydrogen-bond donors (Lipinski definition) is 2. The van der Waals surface area contributed by atoms with Crippen molar-refractivity contribution in [3.05, 3.63) is 23.3 Å². The lowest BCUT2D eigenvalue weighted by Gasteiger charge is -2.59. The van der Waals surface area contributed by atoms with Gasteiger partial charge in [0.15, 0.2) is 5.78 Å². The van der Waals surface area contributed by atoms with E-state index in [1.807, 2.05) is 0 Å². The van der Waals surface area contributed by atoms with E-state index in [-0.39, 0.29) is 22.7 Å². The smallest absolute Gasteiger partial charge is 0.156 e. The molecule has 2 N–H and O–H groups in total. The summed E-state index contributed by atoms with van der Waals surface area (Å²) in [6.07, 6.45) is 9.23. The quantitative estimate of drug-likeness (QED) is 0.725. The van der Waals surface area contributed by atoms with Crippen LogP contribution < -0.4 is 0 Å². The third-order valence-electron chi connectivity index (χ3n) is 8.16. The van der Waals surface area contributed by atoms with E-state index in [2.05, 4.69) is 26.0 Å². The van der Waals surface area contributed by atoms with Gasteiger partial charge in [-0.15, -0.1) is 0 Å². The Balaban J connectivity index is 1.71. The topological polar surface area (TPSA) is 57.5 Å². The van der Waals surface area contributed by atoms with Crippen LogP contribution in [0.25, 0.3) is 0 Å². The molecule has 24 heavy (non-hydrogen) atoms. The van der Waals surface area contributed by atoms with Crippen molar-refractivity contribution in [2.24, 2.45) is 28.6 Å². The zero-order chi connectivity index (χ0) is 17.3. The lowest BCUT2D eigenvalue weighted by Crippen LogP contribution is -2.56. The number of hydrogen-bond acceptors (Lipinski definition) is 3. The van der Waals surface area contributed by atoms with Crippen molar-refractivity contribution in [2.45, 2.75) is 71.5 Å². The molecule has 0 aliphatic heterocycles. The Morgan fingerprint density at radius 1 is 1.21 bits per heavy atom. The molecule has 0 bridgehead atoms. The van der Waals surface area contributed by atoms with Crippen molar-refractivity contribution < 1.29 is 15.0 Å². The highest BCUT2D eigenvalue weighted by Crippen LogP contribution is 2.65. The Morgan fingerprint density at radius 3 is 2.67 bits per heavy atom. The minimum atomic E-state index is -0.440. The fourth-order valence-corrected chi connectivity index (χ4v) is 6.78. The molecule has 0 spiro atoms. The van der Waals surface area contributed by atoms with Crippen LogP contribution in [0.3, 0.4) is 0 Å². The van der Waals surface area contributed by atoms with Crippen LogP contribution in [0.2, 0.25) is 0 Å². The van der Waals surface area contributed by atoms with Crippen LogP contribution in [-0.4, -0.2) is 28.2 Å². The van der Waals surface area contributed by atoms with E-state index in [1.54, 1.807) is 6.92 Å². The Labute approximate surface area is 144 Å². The second kappa shape index (κ2) is 5.28. The standard InChI is InChI=1S/C21H30O3/c1-12(22)16-6-7-17-15-5-4-13-10-14(23)8-9-20(13,2)18(15)11-19(24)21(16,17)3/h6,10,14-15,17-19,23-24H,4-5,7-9,11H2,1-3H3/t14?,15-,17-,18-,19+,20-,21+/m0/s1. The SMILES string of the molecule is CC(=O)C1=CC[C@H]2[C@@H]3CCC4=CC(O)CC[C@]4(C)[C@H]3C[C@@H](O)[C@]12C. The lowest BCUT2D eigenvalue weighted by atomic mass is 9.46. The van der Waals surface area contributed by atoms with Gasteiger partial charge in [0.2, 0.25) is 0 Å². The number of allylic oxidation sites excluding steroid dienone is 2. The summed E-state index contributed by atoms with van der Waals surface area (Å²) >= 11 is 0. The first-order valence-corrected chi connectivity index (χ1v) is 9.57. The molecule has 0 saturated heterocycles. The van der Waals surface area contributed by atoms with Crippen LogP contribution in [0.15, 0.2) is 23.3 Å². The fourth-order valence-electron chi connectivity index (χ4n) is 6.78. The maximum atomic E-state index is 12.1. The highest BCUT2D eigenvalue weighted by atomic mass is 16.3. The Morgan fingerprint density at radius 2 is 1.96 bits per heavy atom. The van der Waals surface area contributed by atoms with Crippen LogP contribution in [0.4, 0.5) is 0 Å². The number of aliphatic hydroxyl groups excluding tert-OH is 2. The monoisotopic (exact) mass is 330 g/mol. The third-order valence-corrected chi connectivity index (χ3v) is 8.16. The first-order valence-electron chi connectivity index (χ1n) is 9.57. The normalized spacial score (nSPS) is 50.3. The molecule has 3 heteroatoms. The Hall–Kier alpha value is -0.930. The number of ketones is 1. The largest absolute Gasteiger partial charge is 0.392 e. The number of fused-ring (bicyclic) bond motifs is 5. The third kappa shape index (κ3) is 2.00. The number of carbonyl (C=O) groups excluding carboxylic acids is 1. The summed E-state index contributed by atoms with van der Waals surface area (Å²) in [4.78, 5) is 12.1. The predicted octanol–water partition coefficient (Wildman–Crippen LogP) is 3.41. The van der Waals surface area contributed by atoms with Gasteiger partial charge >= 0.3 is 0 Å². The molecule has 3 nitrogen and oxygen atoms in total. The van der Waals surface area contributed by atoms with Crippen LogP contribution in [0.1, 0.15) is 59.3 Å². The molecule has 132 valence electrons. The number of carbonyl (C=O) groups is 1. The van der Waals surface area contributed by atoms with E-state index >= 15 is 0 Å².